The average molecular weight is 240 g/mol. The summed E-state index contributed by atoms with van der Waals surface area (Å²) in [5, 5.41) is 19.2. The molecule has 2 atom stereocenters. The molecule has 0 heterocycles. The molecule has 2 aliphatic rings. The normalized spacial score (nSPS) is 35.7. The summed E-state index contributed by atoms with van der Waals surface area (Å²) in [6.45, 7) is -0.177. The topological polar surface area (TPSA) is 57.5 Å². The molecule has 0 saturated heterocycles. The Bertz CT molecular complexity index is 271. The van der Waals surface area contributed by atoms with E-state index in [1.165, 1.54) is 32.1 Å². The van der Waals surface area contributed by atoms with E-state index in [2.05, 4.69) is 0 Å². The van der Waals surface area contributed by atoms with Gasteiger partial charge in [-0.3, -0.25) is 4.79 Å². The first-order valence-corrected chi connectivity index (χ1v) is 7.05. The standard InChI is InChI=1S/C14H24O3/c15-10-14(13(16)17)9-5-4-8-12(14)11-6-2-1-3-7-11/h11-12,15H,1-10H2,(H,16,17). The molecule has 0 aromatic heterocycles. The summed E-state index contributed by atoms with van der Waals surface area (Å²) in [5.74, 6) is -0.0263. The van der Waals surface area contributed by atoms with Crippen LogP contribution in [0.2, 0.25) is 0 Å². The number of carboxylic acids is 1. The van der Waals surface area contributed by atoms with Crippen molar-refractivity contribution in [3.05, 3.63) is 0 Å². The largest absolute Gasteiger partial charge is 0.481 e. The molecule has 0 aromatic carbocycles. The SMILES string of the molecule is O=C(O)C1(CO)CCCCC1C1CCCCC1. The van der Waals surface area contributed by atoms with E-state index in [9.17, 15) is 15.0 Å². The lowest BCUT2D eigenvalue weighted by Gasteiger charge is -2.44. The molecule has 3 heteroatoms. The van der Waals surface area contributed by atoms with Crippen LogP contribution in [0.1, 0.15) is 57.8 Å². The fourth-order valence-corrected chi connectivity index (χ4v) is 4.02. The van der Waals surface area contributed by atoms with Crippen molar-refractivity contribution in [2.45, 2.75) is 57.8 Å². The lowest BCUT2D eigenvalue weighted by Crippen LogP contribution is -2.47. The fourth-order valence-electron chi connectivity index (χ4n) is 4.02. The Kier molecular flexibility index (Phi) is 4.08. The van der Waals surface area contributed by atoms with Crippen LogP contribution in [0.4, 0.5) is 0 Å². The van der Waals surface area contributed by atoms with E-state index in [-0.39, 0.29) is 12.5 Å². The van der Waals surface area contributed by atoms with Crippen LogP contribution in [0.15, 0.2) is 0 Å². The number of aliphatic carboxylic acids is 1. The zero-order valence-corrected chi connectivity index (χ0v) is 10.5. The Morgan fingerprint density at radius 2 is 1.71 bits per heavy atom. The lowest BCUT2D eigenvalue weighted by molar-refractivity contribution is -0.162. The summed E-state index contributed by atoms with van der Waals surface area (Å²) in [4.78, 5) is 11.6. The highest BCUT2D eigenvalue weighted by Gasteiger charge is 2.49. The van der Waals surface area contributed by atoms with E-state index in [4.69, 9.17) is 0 Å². The monoisotopic (exact) mass is 240 g/mol. The molecule has 17 heavy (non-hydrogen) atoms. The Hall–Kier alpha value is -0.570. The maximum atomic E-state index is 11.6. The minimum absolute atomic E-state index is 0.177. The number of aliphatic hydroxyl groups excluding tert-OH is 1. The predicted molar refractivity (Wildman–Crippen MR) is 65.7 cm³/mol. The molecule has 3 nitrogen and oxygen atoms in total. The number of carbonyl (C=O) groups is 1. The molecule has 2 N–H and O–H groups in total. The molecular weight excluding hydrogens is 216 g/mol. The second-order valence-electron chi connectivity index (χ2n) is 5.87. The number of hydrogen-bond donors (Lipinski definition) is 2. The van der Waals surface area contributed by atoms with E-state index in [0.717, 1.165) is 19.3 Å². The molecule has 0 aliphatic heterocycles. The van der Waals surface area contributed by atoms with Crippen LogP contribution in [-0.4, -0.2) is 22.8 Å². The Morgan fingerprint density at radius 1 is 1.06 bits per heavy atom. The minimum atomic E-state index is -0.833. The molecule has 0 amide bonds. The van der Waals surface area contributed by atoms with Gasteiger partial charge in [-0.25, -0.2) is 0 Å². The molecule has 2 unspecified atom stereocenters. The second-order valence-corrected chi connectivity index (χ2v) is 5.87. The lowest BCUT2D eigenvalue weighted by atomic mass is 9.59. The highest BCUT2D eigenvalue weighted by atomic mass is 16.4. The van der Waals surface area contributed by atoms with Gasteiger partial charge >= 0.3 is 5.97 Å². The van der Waals surface area contributed by atoms with Gasteiger partial charge in [0.2, 0.25) is 0 Å². The Labute approximate surface area is 103 Å². The first-order valence-electron chi connectivity index (χ1n) is 7.05. The zero-order chi connectivity index (χ0) is 12.3. The zero-order valence-electron chi connectivity index (χ0n) is 10.5. The summed E-state index contributed by atoms with van der Waals surface area (Å²) in [6.07, 6.45) is 9.86. The summed E-state index contributed by atoms with van der Waals surface area (Å²) in [5.41, 5.74) is -0.833. The van der Waals surface area contributed by atoms with E-state index in [0.29, 0.717) is 12.3 Å². The van der Waals surface area contributed by atoms with Crippen molar-refractivity contribution in [3.8, 4) is 0 Å². The third kappa shape index (κ3) is 2.35. The van der Waals surface area contributed by atoms with Crippen molar-refractivity contribution < 1.29 is 15.0 Å². The predicted octanol–water partition coefficient (Wildman–Crippen LogP) is 2.82. The molecule has 98 valence electrons. The maximum absolute atomic E-state index is 11.6. The van der Waals surface area contributed by atoms with Crippen LogP contribution in [-0.2, 0) is 4.79 Å². The summed E-state index contributed by atoms with van der Waals surface area (Å²) >= 11 is 0. The van der Waals surface area contributed by atoms with Crippen molar-refractivity contribution >= 4 is 5.97 Å². The van der Waals surface area contributed by atoms with Gasteiger partial charge in [-0.15, -0.1) is 0 Å². The second kappa shape index (κ2) is 5.38. The van der Waals surface area contributed by atoms with Gasteiger partial charge in [-0.2, -0.15) is 0 Å². The van der Waals surface area contributed by atoms with Crippen molar-refractivity contribution in [3.63, 3.8) is 0 Å². The minimum Gasteiger partial charge on any atom is -0.481 e. The molecule has 0 spiro atoms. The average Bonchev–Trinajstić information content (AvgIpc) is 2.39. The van der Waals surface area contributed by atoms with Crippen LogP contribution >= 0.6 is 0 Å². The van der Waals surface area contributed by atoms with Crippen molar-refractivity contribution in [2.24, 2.45) is 17.3 Å². The Morgan fingerprint density at radius 3 is 2.29 bits per heavy atom. The molecule has 2 saturated carbocycles. The van der Waals surface area contributed by atoms with Gasteiger partial charge in [0.1, 0.15) is 0 Å². The quantitative estimate of drug-likeness (QED) is 0.797. The smallest absolute Gasteiger partial charge is 0.312 e. The van der Waals surface area contributed by atoms with Gasteiger partial charge in [0, 0.05) is 0 Å². The van der Waals surface area contributed by atoms with E-state index in [1.807, 2.05) is 0 Å². The van der Waals surface area contributed by atoms with Crippen LogP contribution in [0.3, 0.4) is 0 Å². The third-order valence-corrected chi connectivity index (χ3v) is 5.02. The molecule has 0 aromatic rings. The Balaban J connectivity index is 2.17. The highest BCUT2D eigenvalue weighted by molar-refractivity contribution is 5.75. The van der Waals surface area contributed by atoms with Crippen LogP contribution in [0.25, 0.3) is 0 Å². The molecule has 2 aliphatic carbocycles. The number of rotatable bonds is 3. The van der Waals surface area contributed by atoms with Gasteiger partial charge in [-0.1, -0.05) is 44.9 Å². The number of carboxylic acid groups (broad SMARTS) is 1. The van der Waals surface area contributed by atoms with Crippen LogP contribution < -0.4 is 0 Å². The van der Waals surface area contributed by atoms with Crippen molar-refractivity contribution in [1.29, 1.82) is 0 Å². The molecule has 2 rings (SSSR count). The first-order chi connectivity index (χ1) is 8.20. The van der Waals surface area contributed by atoms with Crippen LogP contribution in [0, 0.1) is 17.3 Å². The number of hydrogen-bond acceptors (Lipinski definition) is 2. The number of aliphatic hydroxyl groups is 1. The molecular formula is C14H24O3. The molecule has 2 fully saturated rings. The fraction of sp³-hybridized carbons (Fsp3) is 0.929. The summed E-state index contributed by atoms with van der Waals surface area (Å²) in [7, 11) is 0. The third-order valence-electron chi connectivity index (χ3n) is 5.02. The van der Waals surface area contributed by atoms with E-state index < -0.39 is 11.4 Å². The summed E-state index contributed by atoms with van der Waals surface area (Å²) < 4.78 is 0. The van der Waals surface area contributed by atoms with Crippen molar-refractivity contribution in [1.82, 2.24) is 0 Å². The van der Waals surface area contributed by atoms with Gasteiger partial charge in [0.15, 0.2) is 0 Å². The highest BCUT2D eigenvalue weighted by Crippen LogP contribution is 2.48. The van der Waals surface area contributed by atoms with E-state index in [1.54, 1.807) is 0 Å². The van der Waals surface area contributed by atoms with E-state index >= 15 is 0 Å². The first kappa shape index (κ1) is 12.9. The molecule has 0 bridgehead atoms. The van der Waals surface area contributed by atoms with Gasteiger partial charge in [0.25, 0.3) is 0 Å². The summed E-state index contributed by atoms with van der Waals surface area (Å²) in [6, 6.07) is 0. The van der Waals surface area contributed by atoms with Gasteiger partial charge in [-0.05, 0) is 24.7 Å². The van der Waals surface area contributed by atoms with Crippen LogP contribution in [0.5, 0.6) is 0 Å². The maximum Gasteiger partial charge on any atom is 0.312 e. The van der Waals surface area contributed by atoms with Gasteiger partial charge < -0.3 is 10.2 Å². The van der Waals surface area contributed by atoms with Gasteiger partial charge in [0.05, 0.1) is 12.0 Å². The molecule has 0 radical (unpaired) electrons. The van der Waals surface area contributed by atoms with Crippen molar-refractivity contribution in [2.75, 3.05) is 6.61 Å².